The predicted molar refractivity (Wildman–Crippen MR) is 124 cm³/mol. The Hall–Kier alpha value is -4.24. The number of ether oxygens (including phenoxy) is 1. The number of anilines is 1. The fourth-order valence-corrected chi connectivity index (χ4v) is 4.00. The predicted octanol–water partition coefficient (Wildman–Crippen LogP) is 3.01. The number of carboxylic acid groups (broad SMARTS) is 1. The number of amides is 2. The van der Waals surface area contributed by atoms with Gasteiger partial charge in [0.15, 0.2) is 5.69 Å². The molecule has 0 saturated carbocycles. The number of aliphatic carboxylic acids is 1. The van der Waals surface area contributed by atoms with Gasteiger partial charge in [0, 0.05) is 18.7 Å². The molecular weight excluding hydrogens is 438 g/mol. The van der Waals surface area contributed by atoms with Gasteiger partial charge in [0.1, 0.15) is 6.61 Å². The topological polar surface area (TPSA) is 138 Å². The Morgan fingerprint density at radius 3 is 2.26 bits per heavy atom. The molecule has 0 fully saturated rings. The highest BCUT2D eigenvalue weighted by molar-refractivity contribution is 6.00. The molecule has 34 heavy (non-hydrogen) atoms. The van der Waals surface area contributed by atoms with Gasteiger partial charge in [-0.2, -0.15) is 0 Å². The third kappa shape index (κ3) is 5.05. The number of hydrogen-bond donors (Lipinski definition) is 4. The molecule has 4 N–H and O–H groups in total. The number of rotatable bonds is 8. The molecule has 9 nitrogen and oxygen atoms in total. The zero-order valence-electron chi connectivity index (χ0n) is 18.1. The van der Waals surface area contributed by atoms with Gasteiger partial charge in [0.25, 0.3) is 5.91 Å². The summed E-state index contributed by atoms with van der Waals surface area (Å²) < 4.78 is 5.51. The minimum Gasteiger partial charge on any atom is -0.481 e. The lowest BCUT2D eigenvalue weighted by molar-refractivity contribution is -0.139. The van der Waals surface area contributed by atoms with Crippen LogP contribution < -0.4 is 10.6 Å². The highest BCUT2D eigenvalue weighted by Crippen LogP contribution is 2.44. The first kappa shape index (κ1) is 22.9. The first-order valence-corrected chi connectivity index (χ1v) is 10.7. The molecule has 1 heterocycles. The zero-order valence-corrected chi connectivity index (χ0v) is 18.1. The lowest BCUT2D eigenvalue weighted by Crippen LogP contribution is -2.34. The molecule has 2 aromatic carbocycles. The number of nitrogens with zero attached hydrogens (tertiary/aromatic N) is 1. The number of aliphatic hydroxyl groups excluding tert-OH is 1. The second-order valence-corrected chi connectivity index (χ2v) is 7.81. The Labute approximate surface area is 195 Å². The summed E-state index contributed by atoms with van der Waals surface area (Å²) in [6, 6.07) is 19.0. The standard InChI is InChI=1S/C25H23N3O6/c29-15(12-22(30)31)13-27-24(32)23-21(10-5-11-26-23)28-25(33)34-14-20-18-8-3-1-6-16(18)17-7-2-4-9-19(17)20/h1-11,15,20,29H,12-14H2,(H,27,32)(H,28,33)(H,30,31). The van der Waals surface area contributed by atoms with Gasteiger partial charge in [0.05, 0.1) is 18.2 Å². The van der Waals surface area contributed by atoms with Gasteiger partial charge in [-0.1, -0.05) is 48.5 Å². The molecule has 174 valence electrons. The molecule has 4 rings (SSSR count). The van der Waals surface area contributed by atoms with Crippen molar-refractivity contribution in [3.05, 3.63) is 83.7 Å². The van der Waals surface area contributed by atoms with Crippen LogP contribution in [0.25, 0.3) is 11.1 Å². The molecule has 9 heteroatoms. The summed E-state index contributed by atoms with van der Waals surface area (Å²) in [6.45, 7) is -0.158. The number of carbonyl (C=O) groups excluding carboxylic acids is 2. The number of carboxylic acids is 1. The van der Waals surface area contributed by atoms with E-state index in [4.69, 9.17) is 9.84 Å². The van der Waals surface area contributed by atoms with Crippen molar-refractivity contribution >= 4 is 23.7 Å². The van der Waals surface area contributed by atoms with E-state index in [1.807, 2.05) is 48.5 Å². The van der Waals surface area contributed by atoms with Crippen molar-refractivity contribution in [2.24, 2.45) is 0 Å². The van der Waals surface area contributed by atoms with Gasteiger partial charge in [-0.25, -0.2) is 9.78 Å². The van der Waals surface area contributed by atoms with Crippen LogP contribution in [0.3, 0.4) is 0 Å². The quantitative estimate of drug-likeness (QED) is 0.405. The van der Waals surface area contributed by atoms with Crippen molar-refractivity contribution in [3.63, 3.8) is 0 Å². The second kappa shape index (κ2) is 10.1. The highest BCUT2D eigenvalue weighted by atomic mass is 16.5. The third-order valence-electron chi connectivity index (χ3n) is 5.51. The normalized spacial score (nSPS) is 12.9. The first-order chi connectivity index (χ1) is 16.4. The molecule has 0 saturated heterocycles. The van der Waals surface area contributed by atoms with Crippen LogP contribution in [0.15, 0.2) is 66.9 Å². The van der Waals surface area contributed by atoms with E-state index >= 15 is 0 Å². The van der Waals surface area contributed by atoms with Crippen LogP contribution in [0.4, 0.5) is 10.5 Å². The summed E-state index contributed by atoms with van der Waals surface area (Å²) >= 11 is 0. The SMILES string of the molecule is O=C(O)CC(O)CNC(=O)c1ncccc1NC(=O)OCC1c2ccccc2-c2ccccc21. The van der Waals surface area contributed by atoms with Gasteiger partial charge in [-0.3, -0.25) is 14.9 Å². The van der Waals surface area contributed by atoms with Crippen molar-refractivity contribution in [3.8, 4) is 11.1 Å². The van der Waals surface area contributed by atoms with E-state index < -0.39 is 30.5 Å². The minimum absolute atomic E-state index is 0.0847. The van der Waals surface area contributed by atoms with Crippen LogP contribution in [0.1, 0.15) is 34.0 Å². The van der Waals surface area contributed by atoms with Crippen molar-refractivity contribution in [1.82, 2.24) is 10.3 Å². The summed E-state index contributed by atoms with van der Waals surface area (Å²) in [6.07, 6.45) is -1.11. The van der Waals surface area contributed by atoms with Gasteiger partial charge < -0.3 is 20.3 Å². The van der Waals surface area contributed by atoms with Crippen LogP contribution >= 0.6 is 0 Å². The van der Waals surface area contributed by atoms with Gasteiger partial charge in [-0.05, 0) is 34.4 Å². The zero-order chi connectivity index (χ0) is 24.1. The number of fused-ring (bicyclic) bond motifs is 3. The number of pyridine rings is 1. The van der Waals surface area contributed by atoms with Gasteiger partial charge in [-0.15, -0.1) is 0 Å². The van der Waals surface area contributed by atoms with E-state index in [2.05, 4.69) is 15.6 Å². The molecule has 0 aliphatic heterocycles. The molecule has 2 amide bonds. The first-order valence-electron chi connectivity index (χ1n) is 10.7. The minimum atomic E-state index is -1.25. The molecule has 0 radical (unpaired) electrons. The monoisotopic (exact) mass is 461 g/mol. The summed E-state index contributed by atoms with van der Waals surface area (Å²) in [5.41, 5.74) is 4.44. The van der Waals surface area contributed by atoms with Crippen LogP contribution in [0, 0.1) is 0 Å². The number of carbonyl (C=O) groups is 3. The fraction of sp³-hybridized carbons (Fsp3) is 0.200. The maximum Gasteiger partial charge on any atom is 0.411 e. The Bertz CT molecular complexity index is 1180. The number of aliphatic hydroxyl groups is 1. The molecule has 0 bridgehead atoms. The number of aromatic nitrogens is 1. The molecular formula is C25H23N3O6. The molecule has 1 aliphatic rings. The highest BCUT2D eigenvalue weighted by Gasteiger charge is 2.29. The van der Waals surface area contributed by atoms with E-state index in [9.17, 15) is 19.5 Å². The second-order valence-electron chi connectivity index (χ2n) is 7.81. The summed E-state index contributed by atoms with van der Waals surface area (Å²) in [5.74, 6) is -1.96. The fourth-order valence-electron chi connectivity index (χ4n) is 4.00. The number of hydrogen-bond acceptors (Lipinski definition) is 6. The van der Waals surface area contributed by atoms with Crippen molar-refractivity contribution in [2.45, 2.75) is 18.4 Å². The molecule has 3 aromatic rings. The average Bonchev–Trinajstić information content (AvgIpc) is 3.15. The Kier molecular flexibility index (Phi) is 6.84. The molecule has 0 spiro atoms. The van der Waals surface area contributed by atoms with E-state index in [1.165, 1.54) is 12.3 Å². The van der Waals surface area contributed by atoms with Crippen LogP contribution in [0.5, 0.6) is 0 Å². The van der Waals surface area contributed by atoms with E-state index in [1.54, 1.807) is 6.07 Å². The molecule has 1 unspecified atom stereocenters. The smallest absolute Gasteiger partial charge is 0.411 e. The van der Waals surface area contributed by atoms with Crippen molar-refractivity contribution < 1.29 is 29.3 Å². The number of nitrogens with one attached hydrogen (secondary N) is 2. The van der Waals surface area contributed by atoms with Crippen LogP contribution in [0.2, 0.25) is 0 Å². The average molecular weight is 461 g/mol. The Morgan fingerprint density at radius 2 is 1.62 bits per heavy atom. The molecule has 1 aliphatic carbocycles. The van der Waals surface area contributed by atoms with Crippen LogP contribution in [-0.4, -0.2) is 52.4 Å². The third-order valence-corrected chi connectivity index (χ3v) is 5.51. The lowest BCUT2D eigenvalue weighted by atomic mass is 9.98. The maximum atomic E-state index is 12.6. The van der Waals surface area contributed by atoms with Gasteiger partial charge in [0.2, 0.25) is 0 Å². The largest absolute Gasteiger partial charge is 0.481 e. The molecule has 1 atom stereocenters. The number of benzene rings is 2. The van der Waals surface area contributed by atoms with E-state index in [0.29, 0.717) is 0 Å². The maximum absolute atomic E-state index is 12.6. The Morgan fingerprint density at radius 1 is 0.971 bits per heavy atom. The van der Waals surface area contributed by atoms with Crippen molar-refractivity contribution in [2.75, 3.05) is 18.5 Å². The lowest BCUT2D eigenvalue weighted by Gasteiger charge is -2.15. The van der Waals surface area contributed by atoms with E-state index in [-0.39, 0.29) is 30.5 Å². The van der Waals surface area contributed by atoms with Gasteiger partial charge >= 0.3 is 12.1 Å². The Balaban J connectivity index is 1.40. The summed E-state index contributed by atoms with van der Waals surface area (Å²) in [5, 5.41) is 23.3. The van der Waals surface area contributed by atoms with E-state index in [0.717, 1.165) is 22.3 Å². The summed E-state index contributed by atoms with van der Waals surface area (Å²) in [7, 11) is 0. The van der Waals surface area contributed by atoms with Crippen molar-refractivity contribution in [1.29, 1.82) is 0 Å². The summed E-state index contributed by atoms with van der Waals surface area (Å²) in [4.78, 5) is 39.6. The molecule has 1 aromatic heterocycles. The van der Waals surface area contributed by atoms with Crippen LogP contribution in [-0.2, 0) is 9.53 Å².